The lowest BCUT2D eigenvalue weighted by atomic mass is 10.1. The molecule has 0 spiro atoms. The average molecular weight is 310 g/mol. The first kappa shape index (κ1) is 15.4. The lowest BCUT2D eigenvalue weighted by molar-refractivity contribution is 0.620. The Morgan fingerprint density at radius 1 is 1.09 bits per heavy atom. The van der Waals surface area contributed by atoms with Gasteiger partial charge in [0.05, 0.1) is 16.6 Å². The molecule has 0 fully saturated rings. The minimum Gasteiger partial charge on any atom is -0.268 e. The molecule has 0 aliphatic carbocycles. The van der Waals surface area contributed by atoms with Crippen molar-refractivity contribution in [2.45, 2.75) is 34.1 Å². The fourth-order valence-corrected chi connectivity index (χ4v) is 2.81. The SMILES string of the molecule is CCc1nc2cc(F)c(C)cc2c(=O)n1-c1cc(C)ccc1C. The quantitative estimate of drug-likeness (QED) is 0.717. The lowest BCUT2D eigenvalue weighted by Gasteiger charge is -2.15. The van der Waals surface area contributed by atoms with Crippen LogP contribution in [0.25, 0.3) is 16.6 Å². The van der Waals surface area contributed by atoms with E-state index in [1.807, 2.05) is 39.0 Å². The third kappa shape index (κ3) is 2.54. The van der Waals surface area contributed by atoms with Gasteiger partial charge in [0, 0.05) is 12.5 Å². The van der Waals surface area contributed by atoms with Crippen LogP contribution in [0.4, 0.5) is 4.39 Å². The topological polar surface area (TPSA) is 34.9 Å². The second kappa shape index (κ2) is 5.61. The summed E-state index contributed by atoms with van der Waals surface area (Å²) in [6.45, 7) is 7.57. The van der Waals surface area contributed by atoms with Gasteiger partial charge in [0.15, 0.2) is 0 Å². The first-order valence-corrected chi connectivity index (χ1v) is 7.71. The van der Waals surface area contributed by atoms with Crippen LogP contribution in [0.5, 0.6) is 0 Å². The van der Waals surface area contributed by atoms with Gasteiger partial charge in [-0.3, -0.25) is 9.36 Å². The Labute approximate surface area is 134 Å². The Morgan fingerprint density at radius 3 is 2.52 bits per heavy atom. The Morgan fingerprint density at radius 2 is 1.83 bits per heavy atom. The summed E-state index contributed by atoms with van der Waals surface area (Å²) in [5.41, 5.74) is 3.64. The molecular weight excluding hydrogens is 291 g/mol. The summed E-state index contributed by atoms with van der Waals surface area (Å²) in [7, 11) is 0. The molecule has 2 aromatic carbocycles. The van der Waals surface area contributed by atoms with Crippen LogP contribution in [0.2, 0.25) is 0 Å². The van der Waals surface area contributed by atoms with Gasteiger partial charge in [-0.1, -0.05) is 19.1 Å². The van der Waals surface area contributed by atoms with Gasteiger partial charge < -0.3 is 0 Å². The molecule has 0 radical (unpaired) electrons. The molecule has 3 rings (SSSR count). The van der Waals surface area contributed by atoms with Gasteiger partial charge in [0.25, 0.3) is 5.56 Å². The number of rotatable bonds is 2. The smallest absolute Gasteiger partial charge is 0.265 e. The van der Waals surface area contributed by atoms with Crippen LogP contribution >= 0.6 is 0 Å². The summed E-state index contributed by atoms with van der Waals surface area (Å²) >= 11 is 0. The molecule has 4 heteroatoms. The largest absolute Gasteiger partial charge is 0.268 e. The molecule has 0 aliphatic rings. The number of benzene rings is 2. The number of hydrogen-bond donors (Lipinski definition) is 0. The molecule has 0 unspecified atom stereocenters. The van der Waals surface area contributed by atoms with Crippen LogP contribution in [-0.4, -0.2) is 9.55 Å². The van der Waals surface area contributed by atoms with E-state index in [2.05, 4.69) is 4.98 Å². The predicted octanol–water partition coefficient (Wildman–Crippen LogP) is 4.01. The van der Waals surface area contributed by atoms with E-state index in [1.54, 1.807) is 17.6 Å². The summed E-state index contributed by atoms with van der Waals surface area (Å²) in [6.07, 6.45) is 0.591. The monoisotopic (exact) mass is 310 g/mol. The zero-order valence-electron chi connectivity index (χ0n) is 13.8. The van der Waals surface area contributed by atoms with Gasteiger partial charge in [0.1, 0.15) is 11.6 Å². The normalized spacial score (nSPS) is 11.2. The molecule has 0 aliphatic heterocycles. The average Bonchev–Trinajstić information content (AvgIpc) is 2.52. The molecule has 0 bridgehead atoms. The van der Waals surface area contributed by atoms with Crippen molar-refractivity contribution in [3.63, 3.8) is 0 Å². The van der Waals surface area contributed by atoms with E-state index >= 15 is 0 Å². The molecule has 23 heavy (non-hydrogen) atoms. The number of aryl methyl sites for hydroxylation is 4. The minimum absolute atomic E-state index is 0.149. The van der Waals surface area contributed by atoms with E-state index in [9.17, 15) is 9.18 Å². The van der Waals surface area contributed by atoms with Crippen molar-refractivity contribution in [2.24, 2.45) is 0 Å². The van der Waals surface area contributed by atoms with Gasteiger partial charge >= 0.3 is 0 Å². The Hall–Kier alpha value is -2.49. The van der Waals surface area contributed by atoms with E-state index < -0.39 is 0 Å². The number of nitrogens with zero attached hydrogens (tertiary/aromatic N) is 2. The zero-order chi connectivity index (χ0) is 16.7. The summed E-state index contributed by atoms with van der Waals surface area (Å²) < 4.78 is 15.5. The van der Waals surface area contributed by atoms with Crippen molar-refractivity contribution >= 4 is 10.9 Å². The molecule has 3 nitrogen and oxygen atoms in total. The van der Waals surface area contributed by atoms with Crippen molar-refractivity contribution in [2.75, 3.05) is 0 Å². The maximum absolute atomic E-state index is 13.8. The summed E-state index contributed by atoms with van der Waals surface area (Å²) in [6, 6.07) is 8.93. The van der Waals surface area contributed by atoms with Crippen LogP contribution < -0.4 is 5.56 Å². The van der Waals surface area contributed by atoms with E-state index in [-0.39, 0.29) is 11.4 Å². The Bertz CT molecular complexity index is 973. The van der Waals surface area contributed by atoms with Crippen LogP contribution in [0.15, 0.2) is 35.1 Å². The van der Waals surface area contributed by atoms with E-state index in [0.29, 0.717) is 28.7 Å². The highest BCUT2D eigenvalue weighted by Crippen LogP contribution is 2.20. The Balaban J connectivity index is 2.45. The molecule has 0 amide bonds. The zero-order valence-corrected chi connectivity index (χ0v) is 13.8. The first-order chi connectivity index (χ1) is 10.9. The van der Waals surface area contributed by atoms with Crippen LogP contribution in [0.3, 0.4) is 0 Å². The molecule has 1 heterocycles. The standard InChI is InChI=1S/C19H19FN2O/c1-5-18-21-16-10-15(20)13(4)9-14(16)19(23)22(18)17-8-11(2)6-7-12(17)3/h6-10H,5H2,1-4H3. The number of fused-ring (bicyclic) bond motifs is 1. The molecule has 0 N–H and O–H groups in total. The summed E-state index contributed by atoms with van der Waals surface area (Å²) in [4.78, 5) is 17.6. The molecule has 0 saturated heterocycles. The second-order valence-electron chi connectivity index (χ2n) is 5.93. The third-order valence-corrected chi connectivity index (χ3v) is 4.14. The molecular formula is C19H19FN2O. The number of halogens is 1. The van der Waals surface area contributed by atoms with E-state index in [0.717, 1.165) is 16.8 Å². The highest BCUT2D eigenvalue weighted by molar-refractivity contribution is 5.79. The van der Waals surface area contributed by atoms with Gasteiger partial charge in [0.2, 0.25) is 0 Å². The molecule has 118 valence electrons. The third-order valence-electron chi connectivity index (χ3n) is 4.14. The predicted molar refractivity (Wildman–Crippen MR) is 90.9 cm³/mol. The molecule has 3 aromatic rings. The number of aromatic nitrogens is 2. The second-order valence-corrected chi connectivity index (χ2v) is 5.93. The van der Waals surface area contributed by atoms with Crippen LogP contribution in [0, 0.1) is 26.6 Å². The van der Waals surface area contributed by atoms with Gasteiger partial charge in [-0.2, -0.15) is 0 Å². The lowest BCUT2D eigenvalue weighted by Crippen LogP contribution is -2.24. The summed E-state index contributed by atoms with van der Waals surface area (Å²) in [5, 5.41) is 0.446. The van der Waals surface area contributed by atoms with Gasteiger partial charge in [-0.25, -0.2) is 9.37 Å². The highest BCUT2D eigenvalue weighted by Gasteiger charge is 2.15. The molecule has 0 saturated carbocycles. The van der Waals surface area contributed by atoms with Crippen molar-refractivity contribution in [1.29, 1.82) is 0 Å². The van der Waals surface area contributed by atoms with Crippen LogP contribution in [0.1, 0.15) is 29.4 Å². The van der Waals surface area contributed by atoms with Crippen molar-refractivity contribution < 1.29 is 4.39 Å². The first-order valence-electron chi connectivity index (χ1n) is 7.71. The van der Waals surface area contributed by atoms with Gasteiger partial charge in [-0.15, -0.1) is 0 Å². The molecule has 0 atom stereocenters. The maximum atomic E-state index is 13.8. The van der Waals surface area contributed by atoms with E-state index in [1.165, 1.54) is 6.07 Å². The minimum atomic E-state index is -0.337. The van der Waals surface area contributed by atoms with E-state index in [4.69, 9.17) is 0 Å². The Kier molecular flexibility index (Phi) is 3.76. The summed E-state index contributed by atoms with van der Waals surface area (Å²) in [5.74, 6) is 0.301. The highest BCUT2D eigenvalue weighted by atomic mass is 19.1. The number of hydrogen-bond acceptors (Lipinski definition) is 2. The van der Waals surface area contributed by atoms with Crippen molar-refractivity contribution in [1.82, 2.24) is 9.55 Å². The maximum Gasteiger partial charge on any atom is 0.265 e. The van der Waals surface area contributed by atoms with Crippen LogP contribution in [-0.2, 0) is 6.42 Å². The fraction of sp³-hybridized carbons (Fsp3) is 0.263. The van der Waals surface area contributed by atoms with Gasteiger partial charge in [-0.05, 0) is 49.6 Å². The van der Waals surface area contributed by atoms with Crippen molar-refractivity contribution in [3.8, 4) is 5.69 Å². The fourth-order valence-electron chi connectivity index (χ4n) is 2.81. The molecule has 1 aromatic heterocycles. The van der Waals surface area contributed by atoms with Crippen molar-refractivity contribution in [3.05, 3.63) is 69.0 Å².